The molecule has 24 heavy (non-hydrogen) atoms. The Balaban J connectivity index is 1.52. The van der Waals surface area contributed by atoms with E-state index in [-0.39, 0.29) is 12.5 Å². The van der Waals surface area contributed by atoms with Crippen molar-refractivity contribution in [2.45, 2.75) is 0 Å². The number of aromatic nitrogens is 2. The Hall–Kier alpha value is -3.28. The summed E-state index contributed by atoms with van der Waals surface area (Å²) in [7, 11) is 1.60. The summed E-state index contributed by atoms with van der Waals surface area (Å²) in [6.45, 7) is -0.0609. The van der Waals surface area contributed by atoms with Crippen molar-refractivity contribution in [3.8, 4) is 22.8 Å². The molecule has 2 N–H and O–H groups in total. The van der Waals surface area contributed by atoms with Crippen LogP contribution >= 0.6 is 0 Å². The van der Waals surface area contributed by atoms with E-state index in [9.17, 15) is 4.79 Å². The average molecular weight is 323 g/mol. The van der Waals surface area contributed by atoms with E-state index in [2.05, 4.69) is 15.5 Å². The van der Waals surface area contributed by atoms with Crippen LogP contribution in [0.1, 0.15) is 0 Å². The first-order valence-corrected chi connectivity index (χ1v) is 7.41. The standard InChI is InChI=1S/C18H17N3O3/c1-23-15-6-8-16(9-7-15)24-12-18(22)20-14-4-2-13(3-5-14)17-10-11-19-21-17/h2-11H,12H2,1H3,(H,19,21)(H,20,22). The first kappa shape index (κ1) is 15.6. The van der Waals surface area contributed by atoms with Crippen molar-refractivity contribution in [3.05, 3.63) is 60.8 Å². The molecule has 1 amide bonds. The number of carbonyl (C=O) groups is 1. The second-order valence-corrected chi connectivity index (χ2v) is 5.06. The van der Waals surface area contributed by atoms with Crippen LogP contribution in [0.2, 0.25) is 0 Å². The van der Waals surface area contributed by atoms with Gasteiger partial charge in [0, 0.05) is 11.9 Å². The molecule has 0 aliphatic heterocycles. The number of nitrogens with zero attached hydrogens (tertiary/aromatic N) is 1. The van der Waals surface area contributed by atoms with Crippen LogP contribution in [-0.4, -0.2) is 29.8 Å². The van der Waals surface area contributed by atoms with Gasteiger partial charge in [0.25, 0.3) is 5.91 Å². The summed E-state index contributed by atoms with van der Waals surface area (Å²) in [5.41, 5.74) is 2.64. The van der Waals surface area contributed by atoms with Gasteiger partial charge in [-0.25, -0.2) is 0 Å². The van der Waals surface area contributed by atoms with Gasteiger partial charge in [-0.15, -0.1) is 0 Å². The van der Waals surface area contributed by atoms with Gasteiger partial charge in [0.15, 0.2) is 6.61 Å². The number of H-pyrrole nitrogens is 1. The smallest absolute Gasteiger partial charge is 0.262 e. The number of anilines is 1. The summed E-state index contributed by atoms with van der Waals surface area (Å²) in [6.07, 6.45) is 1.70. The molecule has 2 aromatic carbocycles. The Morgan fingerprint density at radius 2 is 1.75 bits per heavy atom. The van der Waals surface area contributed by atoms with Gasteiger partial charge in [0.05, 0.1) is 12.8 Å². The lowest BCUT2D eigenvalue weighted by Crippen LogP contribution is -2.20. The molecule has 0 saturated carbocycles. The van der Waals surface area contributed by atoms with Gasteiger partial charge >= 0.3 is 0 Å². The molecule has 122 valence electrons. The Bertz CT molecular complexity index is 781. The van der Waals surface area contributed by atoms with Crippen molar-refractivity contribution in [1.82, 2.24) is 10.2 Å². The van der Waals surface area contributed by atoms with E-state index in [1.807, 2.05) is 30.3 Å². The average Bonchev–Trinajstić information content (AvgIpc) is 3.16. The molecule has 6 heteroatoms. The first-order chi connectivity index (χ1) is 11.7. The van der Waals surface area contributed by atoms with Crippen LogP contribution < -0.4 is 14.8 Å². The topological polar surface area (TPSA) is 76.2 Å². The summed E-state index contributed by atoms with van der Waals surface area (Å²) in [5, 5.41) is 9.60. The van der Waals surface area contributed by atoms with Crippen molar-refractivity contribution in [3.63, 3.8) is 0 Å². The maximum absolute atomic E-state index is 11.9. The van der Waals surface area contributed by atoms with E-state index in [1.54, 1.807) is 37.6 Å². The summed E-state index contributed by atoms with van der Waals surface area (Å²) in [6, 6.07) is 16.4. The van der Waals surface area contributed by atoms with Crippen LogP contribution in [0.15, 0.2) is 60.8 Å². The molecule has 0 spiro atoms. The quantitative estimate of drug-likeness (QED) is 0.731. The third-order valence-corrected chi connectivity index (χ3v) is 3.41. The monoisotopic (exact) mass is 323 g/mol. The molecule has 1 heterocycles. The van der Waals surface area contributed by atoms with E-state index in [0.29, 0.717) is 11.4 Å². The maximum Gasteiger partial charge on any atom is 0.262 e. The Labute approximate surface area is 139 Å². The van der Waals surface area contributed by atoms with Crippen LogP contribution in [0.3, 0.4) is 0 Å². The van der Waals surface area contributed by atoms with E-state index < -0.39 is 0 Å². The largest absolute Gasteiger partial charge is 0.497 e. The van der Waals surface area contributed by atoms with Gasteiger partial charge in [0.2, 0.25) is 0 Å². The Morgan fingerprint density at radius 1 is 1.04 bits per heavy atom. The van der Waals surface area contributed by atoms with Gasteiger partial charge in [0.1, 0.15) is 11.5 Å². The fourth-order valence-electron chi connectivity index (χ4n) is 2.17. The number of hydrogen-bond acceptors (Lipinski definition) is 4. The predicted molar refractivity (Wildman–Crippen MR) is 91.1 cm³/mol. The van der Waals surface area contributed by atoms with Gasteiger partial charge < -0.3 is 14.8 Å². The summed E-state index contributed by atoms with van der Waals surface area (Å²) >= 11 is 0. The van der Waals surface area contributed by atoms with Crippen molar-refractivity contribution >= 4 is 11.6 Å². The van der Waals surface area contributed by atoms with Gasteiger partial charge in [-0.2, -0.15) is 5.10 Å². The second-order valence-electron chi connectivity index (χ2n) is 5.06. The molecule has 0 saturated heterocycles. The molecule has 0 fully saturated rings. The minimum Gasteiger partial charge on any atom is -0.497 e. The molecule has 0 aliphatic carbocycles. The van der Waals surface area contributed by atoms with Gasteiger partial charge in [-0.05, 0) is 48.0 Å². The highest BCUT2D eigenvalue weighted by atomic mass is 16.5. The number of methoxy groups -OCH3 is 1. The lowest BCUT2D eigenvalue weighted by molar-refractivity contribution is -0.118. The number of rotatable bonds is 6. The van der Waals surface area contributed by atoms with Crippen LogP contribution in [-0.2, 0) is 4.79 Å². The number of benzene rings is 2. The SMILES string of the molecule is COc1ccc(OCC(=O)Nc2ccc(-c3ccn[nH]3)cc2)cc1. The Morgan fingerprint density at radius 3 is 2.38 bits per heavy atom. The number of carbonyl (C=O) groups excluding carboxylic acids is 1. The maximum atomic E-state index is 11.9. The first-order valence-electron chi connectivity index (χ1n) is 7.41. The molecular formula is C18H17N3O3. The summed E-state index contributed by atoms with van der Waals surface area (Å²) in [5.74, 6) is 1.13. The highest BCUT2D eigenvalue weighted by Crippen LogP contribution is 2.19. The van der Waals surface area contributed by atoms with Crippen LogP contribution in [0, 0.1) is 0 Å². The van der Waals surface area contributed by atoms with Crippen molar-refractivity contribution in [1.29, 1.82) is 0 Å². The summed E-state index contributed by atoms with van der Waals surface area (Å²) < 4.78 is 10.5. The zero-order chi connectivity index (χ0) is 16.8. The Kier molecular flexibility index (Phi) is 4.76. The van der Waals surface area contributed by atoms with E-state index in [0.717, 1.165) is 17.0 Å². The molecule has 6 nitrogen and oxygen atoms in total. The fraction of sp³-hybridized carbons (Fsp3) is 0.111. The molecular weight excluding hydrogens is 306 g/mol. The molecule has 0 bridgehead atoms. The minimum atomic E-state index is -0.222. The molecule has 0 radical (unpaired) electrons. The molecule has 0 unspecified atom stereocenters. The number of aromatic amines is 1. The zero-order valence-corrected chi connectivity index (χ0v) is 13.2. The van der Waals surface area contributed by atoms with Crippen LogP contribution in [0.25, 0.3) is 11.3 Å². The van der Waals surface area contributed by atoms with Crippen LogP contribution in [0.5, 0.6) is 11.5 Å². The molecule has 3 rings (SSSR count). The molecule has 0 atom stereocenters. The fourth-order valence-corrected chi connectivity index (χ4v) is 2.17. The lowest BCUT2D eigenvalue weighted by Gasteiger charge is -2.08. The second kappa shape index (κ2) is 7.32. The van der Waals surface area contributed by atoms with E-state index in [4.69, 9.17) is 9.47 Å². The van der Waals surface area contributed by atoms with E-state index in [1.165, 1.54) is 0 Å². The number of nitrogens with one attached hydrogen (secondary N) is 2. The van der Waals surface area contributed by atoms with Crippen LogP contribution in [0.4, 0.5) is 5.69 Å². The van der Waals surface area contributed by atoms with Gasteiger partial charge in [-0.3, -0.25) is 9.89 Å². The lowest BCUT2D eigenvalue weighted by atomic mass is 10.1. The van der Waals surface area contributed by atoms with Gasteiger partial charge in [-0.1, -0.05) is 12.1 Å². The highest BCUT2D eigenvalue weighted by Gasteiger charge is 2.05. The van der Waals surface area contributed by atoms with Crippen molar-refractivity contribution < 1.29 is 14.3 Å². The molecule has 3 aromatic rings. The normalized spacial score (nSPS) is 10.2. The zero-order valence-electron chi connectivity index (χ0n) is 13.2. The third kappa shape index (κ3) is 3.92. The summed E-state index contributed by atoms with van der Waals surface area (Å²) in [4.78, 5) is 11.9. The minimum absolute atomic E-state index is 0.0609. The highest BCUT2D eigenvalue weighted by molar-refractivity contribution is 5.92. The third-order valence-electron chi connectivity index (χ3n) is 3.41. The predicted octanol–water partition coefficient (Wildman–Crippen LogP) is 3.10. The van der Waals surface area contributed by atoms with Crippen molar-refractivity contribution in [2.24, 2.45) is 0 Å². The number of ether oxygens (including phenoxy) is 2. The van der Waals surface area contributed by atoms with Crippen molar-refractivity contribution in [2.75, 3.05) is 19.0 Å². The number of amides is 1. The molecule has 0 aliphatic rings. The molecule has 1 aromatic heterocycles. The van der Waals surface area contributed by atoms with E-state index >= 15 is 0 Å². The number of hydrogen-bond donors (Lipinski definition) is 2.